The zero-order valence-corrected chi connectivity index (χ0v) is 11.4. The minimum atomic E-state index is -0.142. The lowest BCUT2D eigenvalue weighted by Gasteiger charge is -2.25. The number of nitrogens with one attached hydrogen (secondary N) is 1. The van der Waals surface area contributed by atoms with Crippen LogP contribution in [0.25, 0.3) is 0 Å². The van der Waals surface area contributed by atoms with Crippen molar-refractivity contribution >= 4 is 5.91 Å². The van der Waals surface area contributed by atoms with Gasteiger partial charge in [0.15, 0.2) is 0 Å². The third kappa shape index (κ3) is 4.49. The summed E-state index contributed by atoms with van der Waals surface area (Å²) in [6.07, 6.45) is 0.687. The minimum Gasteiger partial charge on any atom is -0.396 e. The number of benzene rings is 1. The van der Waals surface area contributed by atoms with Gasteiger partial charge in [-0.3, -0.25) is 4.79 Å². The molecule has 0 aliphatic heterocycles. The molecule has 1 rings (SSSR count). The van der Waals surface area contributed by atoms with Gasteiger partial charge in [-0.25, -0.2) is 0 Å². The average Bonchev–Trinajstić information content (AvgIpc) is 2.36. The summed E-state index contributed by atoms with van der Waals surface area (Å²) in [7, 11) is 0. The highest BCUT2D eigenvalue weighted by atomic mass is 16.3. The molecule has 0 heterocycles. The summed E-state index contributed by atoms with van der Waals surface area (Å²) in [4.78, 5) is 12.0. The Kier molecular flexibility index (Phi) is 5.35. The summed E-state index contributed by atoms with van der Waals surface area (Å²) in [5, 5.41) is 11.9. The molecule has 1 amide bonds. The van der Waals surface area contributed by atoms with E-state index in [4.69, 9.17) is 5.11 Å². The molecule has 3 heteroatoms. The Morgan fingerprint density at radius 2 is 1.94 bits per heavy atom. The average molecular weight is 249 g/mol. The van der Waals surface area contributed by atoms with Crippen molar-refractivity contribution in [2.45, 2.75) is 33.1 Å². The van der Waals surface area contributed by atoms with Gasteiger partial charge in [0.1, 0.15) is 0 Å². The molecular weight excluding hydrogens is 226 g/mol. The van der Waals surface area contributed by atoms with Crippen LogP contribution in [0.3, 0.4) is 0 Å². The number of carbonyl (C=O) groups excluding carboxylic acids is 1. The number of amides is 1. The summed E-state index contributed by atoms with van der Waals surface area (Å²) in [5.74, 6) is -0.108. The van der Waals surface area contributed by atoms with Gasteiger partial charge in [-0.15, -0.1) is 0 Å². The normalized spacial score (nSPS) is 13.1. The van der Waals surface area contributed by atoms with Crippen molar-refractivity contribution in [1.29, 1.82) is 0 Å². The Hall–Kier alpha value is -1.35. The number of aliphatic hydroxyl groups excluding tert-OH is 1. The maximum atomic E-state index is 12.0. The van der Waals surface area contributed by atoms with Crippen LogP contribution in [0.15, 0.2) is 30.3 Å². The van der Waals surface area contributed by atoms with Crippen LogP contribution in [-0.4, -0.2) is 24.2 Å². The largest absolute Gasteiger partial charge is 0.396 e. The van der Waals surface area contributed by atoms with E-state index >= 15 is 0 Å². The second kappa shape index (κ2) is 6.55. The van der Waals surface area contributed by atoms with Crippen LogP contribution in [-0.2, 0) is 4.79 Å². The molecule has 1 aromatic carbocycles. The quantitative estimate of drug-likeness (QED) is 0.813. The van der Waals surface area contributed by atoms with E-state index in [9.17, 15) is 4.79 Å². The van der Waals surface area contributed by atoms with E-state index in [1.807, 2.05) is 51.1 Å². The fourth-order valence-electron chi connectivity index (χ4n) is 1.76. The monoisotopic (exact) mass is 249 g/mol. The molecule has 3 nitrogen and oxygen atoms in total. The first-order chi connectivity index (χ1) is 8.46. The van der Waals surface area contributed by atoms with Crippen molar-refractivity contribution in [3.63, 3.8) is 0 Å². The molecule has 0 aromatic heterocycles. The highest BCUT2D eigenvalue weighted by molar-refractivity contribution is 5.83. The van der Waals surface area contributed by atoms with Gasteiger partial charge in [0, 0.05) is 13.2 Å². The van der Waals surface area contributed by atoms with Crippen LogP contribution in [0.5, 0.6) is 0 Å². The molecule has 100 valence electrons. The zero-order valence-electron chi connectivity index (χ0n) is 11.4. The van der Waals surface area contributed by atoms with E-state index in [2.05, 4.69) is 5.32 Å². The SMILES string of the molecule is CC(C(=O)NCC(C)(C)CCO)c1ccccc1. The zero-order chi connectivity index (χ0) is 13.6. The molecule has 1 aromatic rings. The molecule has 0 saturated carbocycles. The first kappa shape index (κ1) is 14.7. The van der Waals surface area contributed by atoms with Crippen molar-refractivity contribution in [2.75, 3.05) is 13.2 Å². The smallest absolute Gasteiger partial charge is 0.227 e. The number of hydrogen-bond donors (Lipinski definition) is 2. The molecule has 1 atom stereocenters. The fourth-order valence-corrected chi connectivity index (χ4v) is 1.76. The van der Waals surface area contributed by atoms with E-state index in [1.54, 1.807) is 0 Å². The Morgan fingerprint density at radius 3 is 2.50 bits per heavy atom. The Balaban J connectivity index is 2.51. The van der Waals surface area contributed by atoms with Crippen molar-refractivity contribution < 1.29 is 9.90 Å². The van der Waals surface area contributed by atoms with Crippen molar-refractivity contribution in [3.8, 4) is 0 Å². The van der Waals surface area contributed by atoms with Crippen LogP contribution in [0.1, 0.15) is 38.7 Å². The predicted octanol–water partition coefficient (Wildman–Crippen LogP) is 2.31. The van der Waals surface area contributed by atoms with Gasteiger partial charge in [-0.1, -0.05) is 44.2 Å². The fraction of sp³-hybridized carbons (Fsp3) is 0.533. The van der Waals surface area contributed by atoms with Crippen molar-refractivity contribution in [1.82, 2.24) is 5.32 Å². The van der Waals surface area contributed by atoms with Crippen molar-refractivity contribution in [3.05, 3.63) is 35.9 Å². The highest BCUT2D eigenvalue weighted by Gasteiger charge is 2.20. The van der Waals surface area contributed by atoms with E-state index in [0.717, 1.165) is 5.56 Å². The van der Waals surface area contributed by atoms with Gasteiger partial charge in [0.2, 0.25) is 5.91 Å². The lowest BCUT2D eigenvalue weighted by Crippen LogP contribution is -2.36. The highest BCUT2D eigenvalue weighted by Crippen LogP contribution is 2.19. The van der Waals surface area contributed by atoms with Gasteiger partial charge < -0.3 is 10.4 Å². The second-order valence-corrected chi connectivity index (χ2v) is 5.49. The Labute approximate surface area is 109 Å². The molecular formula is C15H23NO2. The summed E-state index contributed by atoms with van der Waals surface area (Å²) in [6, 6.07) is 9.74. The molecule has 0 bridgehead atoms. The third-order valence-electron chi connectivity index (χ3n) is 3.22. The van der Waals surface area contributed by atoms with Crippen LogP contribution in [0.2, 0.25) is 0 Å². The van der Waals surface area contributed by atoms with E-state index in [-0.39, 0.29) is 23.8 Å². The molecule has 0 fully saturated rings. The first-order valence-corrected chi connectivity index (χ1v) is 6.40. The molecule has 0 radical (unpaired) electrons. The number of carbonyl (C=O) groups is 1. The summed E-state index contributed by atoms with van der Waals surface area (Å²) < 4.78 is 0. The van der Waals surface area contributed by atoms with Crippen LogP contribution in [0.4, 0.5) is 0 Å². The van der Waals surface area contributed by atoms with Crippen LogP contribution >= 0.6 is 0 Å². The Bertz CT molecular complexity index is 373. The van der Waals surface area contributed by atoms with E-state index in [1.165, 1.54) is 0 Å². The molecule has 1 unspecified atom stereocenters. The molecule has 0 spiro atoms. The minimum absolute atomic E-state index is 0.0345. The standard InChI is InChI=1S/C15H23NO2/c1-12(13-7-5-4-6-8-13)14(18)16-11-15(2,3)9-10-17/h4-8,12,17H,9-11H2,1-3H3,(H,16,18). The maximum absolute atomic E-state index is 12.0. The summed E-state index contributed by atoms with van der Waals surface area (Å²) in [5.41, 5.74) is 0.954. The molecule has 2 N–H and O–H groups in total. The molecule has 0 saturated heterocycles. The van der Waals surface area contributed by atoms with E-state index in [0.29, 0.717) is 13.0 Å². The predicted molar refractivity (Wildman–Crippen MR) is 73.4 cm³/mol. The van der Waals surface area contributed by atoms with Gasteiger partial charge in [0.05, 0.1) is 5.92 Å². The molecule has 0 aliphatic rings. The second-order valence-electron chi connectivity index (χ2n) is 5.49. The van der Waals surface area contributed by atoms with Gasteiger partial charge in [-0.2, -0.15) is 0 Å². The molecule has 0 aliphatic carbocycles. The van der Waals surface area contributed by atoms with Gasteiger partial charge in [0.25, 0.3) is 0 Å². The van der Waals surface area contributed by atoms with Crippen molar-refractivity contribution in [2.24, 2.45) is 5.41 Å². The number of aliphatic hydroxyl groups is 1. The van der Waals surface area contributed by atoms with Gasteiger partial charge >= 0.3 is 0 Å². The van der Waals surface area contributed by atoms with Crippen LogP contribution in [0, 0.1) is 5.41 Å². The lowest BCUT2D eigenvalue weighted by atomic mass is 9.89. The maximum Gasteiger partial charge on any atom is 0.227 e. The summed E-state index contributed by atoms with van der Waals surface area (Å²) in [6.45, 7) is 6.72. The van der Waals surface area contributed by atoms with Crippen LogP contribution < -0.4 is 5.32 Å². The topological polar surface area (TPSA) is 49.3 Å². The number of hydrogen-bond acceptors (Lipinski definition) is 2. The number of rotatable bonds is 6. The van der Waals surface area contributed by atoms with Gasteiger partial charge in [-0.05, 0) is 24.3 Å². The third-order valence-corrected chi connectivity index (χ3v) is 3.22. The van der Waals surface area contributed by atoms with E-state index < -0.39 is 0 Å². The Morgan fingerprint density at radius 1 is 1.33 bits per heavy atom. The lowest BCUT2D eigenvalue weighted by molar-refractivity contribution is -0.122. The first-order valence-electron chi connectivity index (χ1n) is 6.40. The summed E-state index contributed by atoms with van der Waals surface area (Å²) >= 11 is 0. The molecule has 18 heavy (non-hydrogen) atoms.